The Balaban J connectivity index is 5.35. The van der Waals surface area contributed by atoms with Crippen LogP contribution in [0.15, 0.2) is 0 Å². The van der Waals surface area contributed by atoms with Crippen LogP contribution in [-0.2, 0) is 9.59 Å². The molecular formula is C11H20O4. The topological polar surface area (TPSA) is 74.6 Å². The van der Waals surface area contributed by atoms with Crippen LogP contribution in [0.4, 0.5) is 0 Å². The molecule has 0 fully saturated rings. The molecule has 88 valence electrons. The molecule has 0 aromatic carbocycles. The number of hydrogen-bond acceptors (Lipinski definition) is 2. The first-order valence-corrected chi connectivity index (χ1v) is 5.29. The van der Waals surface area contributed by atoms with Gasteiger partial charge in [0, 0.05) is 0 Å². The molecule has 4 nitrogen and oxygen atoms in total. The van der Waals surface area contributed by atoms with E-state index in [1.807, 2.05) is 27.7 Å². The van der Waals surface area contributed by atoms with Crippen LogP contribution in [0.25, 0.3) is 0 Å². The lowest BCUT2D eigenvalue weighted by Gasteiger charge is -2.38. The van der Waals surface area contributed by atoms with E-state index in [1.54, 1.807) is 0 Å². The molecule has 0 saturated carbocycles. The molecule has 0 bridgehead atoms. The Labute approximate surface area is 90.3 Å². The average molecular weight is 216 g/mol. The van der Waals surface area contributed by atoms with Crippen molar-refractivity contribution in [1.29, 1.82) is 0 Å². The number of carboxylic acid groups (broad SMARTS) is 2. The molecule has 0 amide bonds. The number of rotatable bonds is 6. The van der Waals surface area contributed by atoms with E-state index in [1.165, 1.54) is 0 Å². The first-order chi connectivity index (χ1) is 6.83. The number of carbonyl (C=O) groups is 2. The highest BCUT2D eigenvalue weighted by Crippen LogP contribution is 2.42. The van der Waals surface area contributed by atoms with Gasteiger partial charge in [-0.2, -0.15) is 0 Å². The van der Waals surface area contributed by atoms with Crippen molar-refractivity contribution < 1.29 is 19.8 Å². The van der Waals surface area contributed by atoms with Crippen LogP contribution in [-0.4, -0.2) is 22.2 Å². The summed E-state index contributed by atoms with van der Waals surface area (Å²) >= 11 is 0. The fourth-order valence-electron chi connectivity index (χ4n) is 2.41. The van der Waals surface area contributed by atoms with Gasteiger partial charge in [-0.25, -0.2) is 0 Å². The minimum atomic E-state index is -1.31. The van der Waals surface area contributed by atoms with E-state index < -0.39 is 23.3 Å². The molecular weight excluding hydrogens is 196 g/mol. The van der Waals surface area contributed by atoms with Crippen LogP contribution in [0.5, 0.6) is 0 Å². The standard InChI is InChI=1S/C11H20O4/c1-5-11(6-2,7(3)4)8(9(12)13)10(14)15/h7-8H,5-6H2,1-4H3,(H,12,13)(H,14,15). The second kappa shape index (κ2) is 5.14. The van der Waals surface area contributed by atoms with Crippen LogP contribution < -0.4 is 0 Å². The molecule has 0 atom stereocenters. The average Bonchev–Trinajstić information content (AvgIpc) is 2.11. The lowest BCUT2D eigenvalue weighted by Crippen LogP contribution is -2.44. The van der Waals surface area contributed by atoms with Crippen LogP contribution >= 0.6 is 0 Å². The van der Waals surface area contributed by atoms with Gasteiger partial charge in [-0.05, 0) is 24.2 Å². The third-order valence-corrected chi connectivity index (χ3v) is 3.54. The minimum Gasteiger partial charge on any atom is -0.481 e. The van der Waals surface area contributed by atoms with Crippen molar-refractivity contribution in [3.05, 3.63) is 0 Å². The molecule has 0 rings (SSSR count). The van der Waals surface area contributed by atoms with E-state index in [9.17, 15) is 9.59 Å². The van der Waals surface area contributed by atoms with Crippen molar-refractivity contribution in [2.45, 2.75) is 40.5 Å². The Morgan fingerprint density at radius 3 is 1.47 bits per heavy atom. The van der Waals surface area contributed by atoms with Crippen molar-refractivity contribution >= 4 is 11.9 Å². The molecule has 0 aromatic heterocycles. The van der Waals surface area contributed by atoms with E-state index in [0.29, 0.717) is 12.8 Å². The zero-order valence-electron chi connectivity index (χ0n) is 9.78. The van der Waals surface area contributed by atoms with E-state index >= 15 is 0 Å². The fraction of sp³-hybridized carbons (Fsp3) is 0.818. The molecule has 0 aliphatic heterocycles. The van der Waals surface area contributed by atoms with Gasteiger partial charge in [-0.3, -0.25) is 9.59 Å². The molecule has 0 saturated heterocycles. The Morgan fingerprint density at radius 1 is 1.07 bits per heavy atom. The van der Waals surface area contributed by atoms with Gasteiger partial charge in [-0.1, -0.05) is 27.7 Å². The summed E-state index contributed by atoms with van der Waals surface area (Å²) in [6.45, 7) is 7.46. The molecule has 15 heavy (non-hydrogen) atoms. The van der Waals surface area contributed by atoms with Crippen molar-refractivity contribution in [3.63, 3.8) is 0 Å². The second-order valence-corrected chi connectivity index (χ2v) is 4.20. The summed E-state index contributed by atoms with van der Waals surface area (Å²) in [6, 6.07) is 0. The van der Waals surface area contributed by atoms with Gasteiger partial charge >= 0.3 is 11.9 Å². The third-order valence-electron chi connectivity index (χ3n) is 3.54. The number of hydrogen-bond donors (Lipinski definition) is 2. The van der Waals surface area contributed by atoms with Gasteiger partial charge in [0.05, 0.1) is 0 Å². The summed E-state index contributed by atoms with van der Waals surface area (Å²) in [5, 5.41) is 18.0. The van der Waals surface area contributed by atoms with E-state index in [0.717, 1.165) is 0 Å². The molecule has 0 aliphatic rings. The van der Waals surface area contributed by atoms with Gasteiger partial charge in [-0.15, -0.1) is 0 Å². The van der Waals surface area contributed by atoms with Gasteiger partial charge in [0.15, 0.2) is 5.92 Å². The number of carboxylic acids is 2. The van der Waals surface area contributed by atoms with E-state index in [4.69, 9.17) is 10.2 Å². The molecule has 0 radical (unpaired) electrons. The highest BCUT2D eigenvalue weighted by Gasteiger charge is 2.47. The Bertz CT molecular complexity index is 227. The summed E-state index contributed by atoms with van der Waals surface area (Å²) in [5.74, 6) is -3.75. The SMILES string of the molecule is CCC(CC)(C(C)C)C(C(=O)O)C(=O)O. The normalized spacial score (nSPS) is 12.1. The molecule has 0 unspecified atom stereocenters. The fourth-order valence-corrected chi connectivity index (χ4v) is 2.41. The quantitative estimate of drug-likeness (QED) is 0.668. The molecule has 0 spiro atoms. The van der Waals surface area contributed by atoms with Gasteiger partial charge in [0.1, 0.15) is 0 Å². The van der Waals surface area contributed by atoms with Crippen molar-refractivity contribution in [3.8, 4) is 0 Å². The first kappa shape index (κ1) is 13.9. The largest absolute Gasteiger partial charge is 0.481 e. The van der Waals surface area contributed by atoms with Gasteiger partial charge in [0.2, 0.25) is 0 Å². The zero-order valence-corrected chi connectivity index (χ0v) is 9.78. The maximum atomic E-state index is 11.0. The van der Waals surface area contributed by atoms with E-state index in [2.05, 4.69) is 0 Å². The van der Waals surface area contributed by atoms with Crippen LogP contribution in [0, 0.1) is 17.3 Å². The highest BCUT2D eigenvalue weighted by atomic mass is 16.4. The Morgan fingerprint density at radius 2 is 1.40 bits per heavy atom. The van der Waals surface area contributed by atoms with Gasteiger partial charge < -0.3 is 10.2 Å². The predicted molar refractivity (Wildman–Crippen MR) is 56.6 cm³/mol. The smallest absolute Gasteiger partial charge is 0.318 e. The van der Waals surface area contributed by atoms with Crippen LogP contribution in [0.3, 0.4) is 0 Å². The zero-order chi connectivity index (χ0) is 12.2. The van der Waals surface area contributed by atoms with Crippen LogP contribution in [0.1, 0.15) is 40.5 Å². The van der Waals surface area contributed by atoms with Crippen molar-refractivity contribution in [2.24, 2.45) is 17.3 Å². The maximum Gasteiger partial charge on any atom is 0.318 e. The third kappa shape index (κ3) is 2.49. The first-order valence-electron chi connectivity index (χ1n) is 5.29. The van der Waals surface area contributed by atoms with Crippen molar-refractivity contribution in [1.82, 2.24) is 0 Å². The Kier molecular flexibility index (Phi) is 4.78. The lowest BCUT2D eigenvalue weighted by atomic mass is 9.64. The summed E-state index contributed by atoms with van der Waals surface area (Å²) in [6.07, 6.45) is 1.12. The summed E-state index contributed by atoms with van der Waals surface area (Å²) in [4.78, 5) is 22.1. The molecule has 2 N–H and O–H groups in total. The Hall–Kier alpha value is -1.06. The maximum absolute atomic E-state index is 11.0. The summed E-state index contributed by atoms with van der Waals surface area (Å²) < 4.78 is 0. The lowest BCUT2D eigenvalue weighted by molar-refractivity contribution is -0.164. The monoisotopic (exact) mass is 216 g/mol. The van der Waals surface area contributed by atoms with E-state index in [-0.39, 0.29) is 5.92 Å². The molecule has 0 aliphatic carbocycles. The predicted octanol–water partition coefficient (Wildman–Crippen LogP) is 2.23. The van der Waals surface area contributed by atoms with Crippen molar-refractivity contribution in [2.75, 3.05) is 0 Å². The molecule has 0 aromatic rings. The summed E-state index contributed by atoms with van der Waals surface area (Å²) in [7, 11) is 0. The highest BCUT2D eigenvalue weighted by molar-refractivity contribution is 5.93. The van der Waals surface area contributed by atoms with Gasteiger partial charge in [0.25, 0.3) is 0 Å². The minimum absolute atomic E-state index is 0.0321. The van der Waals surface area contributed by atoms with Crippen LogP contribution in [0.2, 0.25) is 0 Å². The number of aliphatic carboxylic acids is 2. The molecule has 0 heterocycles. The second-order valence-electron chi connectivity index (χ2n) is 4.20. The molecule has 4 heteroatoms. The summed E-state index contributed by atoms with van der Waals surface area (Å²) in [5.41, 5.74) is -0.655.